The number of rotatable bonds is 13. The van der Waals surface area contributed by atoms with Crippen molar-refractivity contribution in [1.82, 2.24) is 4.98 Å². The van der Waals surface area contributed by atoms with E-state index in [-0.39, 0.29) is 6.04 Å². The van der Waals surface area contributed by atoms with Crippen LogP contribution in [-0.4, -0.2) is 11.0 Å². The monoisotopic (exact) mass is 290 g/mol. The molecule has 2 nitrogen and oxygen atoms in total. The van der Waals surface area contributed by atoms with Gasteiger partial charge in [-0.1, -0.05) is 77.2 Å². The van der Waals surface area contributed by atoms with E-state index in [0.29, 0.717) is 0 Å². The summed E-state index contributed by atoms with van der Waals surface area (Å²) in [6.45, 7) is 2.28. The molecule has 0 aliphatic rings. The van der Waals surface area contributed by atoms with Crippen molar-refractivity contribution in [2.75, 3.05) is 0 Å². The average molecular weight is 290 g/mol. The highest BCUT2D eigenvalue weighted by molar-refractivity contribution is 5.04. The molecule has 1 atom stereocenters. The van der Waals surface area contributed by atoms with Gasteiger partial charge < -0.3 is 5.73 Å². The van der Waals surface area contributed by atoms with E-state index in [2.05, 4.69) is 18.0 Å². The molecule has 0 aromatic carbocycles. The minimum atomic E-state index is 0.272. The lowest BCUT2D eigenvalue weighted by molar-refractivity contribution is 0.518. The fourth-order valence-electron chi connectivity index (χ4n) is 2.78. The Labute approximate surface area is 131 Å². The van der Waals surface area contributed by atoms with Crippen LogP contribution in [0.5, 0.6) is 0 Å². The number of aromatic nitrogens is 1. The van der Waals surface area contributed by atoms with Gasteiger partial charge in [-0.3, -0.25) is 4.98 Å². The van der Waals surface area contributed by atoms with Crippen molar-refractivity contribution in [2.45, 2.75) is 90.0 Å². The predicted molar refractivity (Wildman–Crippen MR) is 92.4 cm³/mol. The molecule has 1 rings (SSSR count). The maximum Gasteiger partial charge on any atom is 0.0419 e. The van der Waals surface area contributed by atoms with Crippen LogP contribution in [0.15, 0.2) is 24.4 Å². The van der Waals surface area contributed by atoms with Gasteiger partial charge in [0.2, 0.25) is 0 Å². The van der Waals surface area contributed by atoms with Gasteiger partial charge in [-0.25, -0.2) is 0 Å². The lowest BCUT2D eigenvalue weighted by Gasteiger charge is -2.10. The van der Waals surface area contributed by atoms with Gasteiger partial charge in [0.05, 0.1) is 0 Å². The van der Waals surface area contributed by atoms with Gasteiger partial charge in [0.25, 0.3) is 0 Å². The summed E-state index contributed by atoms with van der Waals surface area (Å²) in [5.74, 6) is 0. The Morgan fingerprint density at radius 2 is 1.52 bits per heavy atom. The Hall–Kier alpha value is -0.890. The number of hydrogen-bond donors (Lipinski definition) is 1. The summed E-state index contributed by atoms with van der Waals surface area (Å²) in [5.41, 5.74) is 7.30. The van der Waals surface area contributed by atoms with Crippen LogP contribution < -0.4 is 5.73 Å². The lowest BCUT2D eigenvalue weighted by atomic mass is 10.0. The van der Waals surface area contributed by atoms with Crippen LogP contribution in [-0.2, 0) is 6.42 Å². The van der Waals surface area contributed by atoms with Crippen molar-refractivity contribution >= 4 is 0 Å². The van der Waals surface area contributed by atoms with E-state index in [1.807, 2.05) is 18.3 Å². The molecule has 2 N–H and O–H groups in total. The van der Waals surface area contributed by atoms with E-state index in [1.54, 1.807) is 0 Å². The molecule has 0 spiro atoms. The molecule has 1 heterocycles. The third kappa shape index (κ3) is 10.5. The number of pyridine rings is 1. The first-order valence-corrected chi connectivity index (χ1v) is 8.98. The highest BCUT2D eigenvalue weighted by Gasteiger charge is 2.04. The summed E-state index contributed by atoms with van der Waals surface area (Å²) >= 11 is 0. The van der Waals surface area contributed by atoms with E-state index in [4.69, 9.17) is 5.73 Å². The van der Waals surface area contributed by atoms with E-state index < -0.39 is 0 Å². The molecule has 0 aliphatic heterocycles. The maximum atomic E-state index is 6.17. The molecular formula is C19H34N2. The van der Waals surface area contributed by atoms with Crippen LogP contribution in [0.2, 0.25) is 0 Å². The fraction of sp³-hybridized carbons (Fsp3) is 0.737. The van der Waals surface area contributed by atoms with Gasteiger partial charge in [-0.15, -0.1) is 0 Å². The highest BCUT2D eigenvalue weighted by atomic mass is 14.7. The normalized spacial score (nSPS) is 12.5. The number of unbranched alkanes of at least 4 members (excludes halogenated alkanes) is 9. The summed E-state index contributed by atoms with van der Waals surface area (Å²) < 4.78 is 0. The van der Waals surface area contributed by atoms with Gasteiger partial charge in [0.1, 0.15) is 0 Å². The molecule has 120 valence electrons. The van der Waals surface area contributed by atoms with Crippen molar-refractivity contribution in [3.05, 3.63) is 30.1 Å². The SMILES string of the molecule is CCCCCCCCCCCCC(N)Cc1ccccn1. The summed E-state index contributed by atoms with van der Waals surface area (Å²) in [6.07, 6.45) is 17.8. The Balaban J connectivity index is 1.87. The van der Waals surface area contributed by atoms with Crippen LogP contribution >= 0.6 is 0 Å². The smallest absolute Gasteiger partial charge is 0.0419 e. The zero-order valence-corrected chi connectivity index (χ0v) is 13.9. The summed E-state index contributed by atoms with van der Waals surface area (Å²) in [6, 6.07) is 6.33. The fourth-order valence-corrected chi connectivity index (χ4v) is 2.78. The first-order valence-electron chi connectivity index (χ1n) is 8.98. The molecule has 1 aromatic rings. The molecule has 0 fully saturated rings. The maximum absolute atomic E-state index is 6.17. The van der Waals surface area contributed by atoms with Crippen molar-refractivity contribution < 1.29 is 0 Å². The minimum absolute atomic E-state index is 0.272. The van der Waals surface area contributed by atoms with E-state index in [9.17, 15) is 0 Å². The van der Waals surface area contributed by atoms with Gasteiger partial charge in [0, 0.05) is 24.4 Å². The van der Waals surface area contributed by atoms with Crippen LogP contribution in [0, 0.1) is 0 Å². The summed E-state index contributed by atoms with van der Waals surface area (Å²) in [7, 11) is 0. The quantitative estimate of drug-likeness (QED) is 0.503. The molecule has 21 heavy (non-hydrogen) atoms. The van der Waals surface area contributed by atoms with Crippen LogP contribution in [0.4, 0.5) is 0 Å². The third-order valence-electron chi connectivity index (χ3n) is 4.13. The second-order valence-corrected chi connectivity index (χ2v) is 6.26. The standard InChI is InChI=1S/C19H34N2/c1-2-3-4-5-6-7-8-9-10-11-14-18(20)17-19-15-12-13-16-21-19/h12-13,15-16,18H,2-11,14,17,20H2,1H3. The summed E-state index contributed by atoms with van der Waals surface area (Å²) in [4.78, 5) is 4.34. The van der Waals surface area contributed by atoms with Crippen molar-refractivity contribution in [2.24, 2.45) is 5.73 Å². The van der Waals surface area contributed by atoms with Gasteiger partial charge in [-0.2, -0.15) is 0 Å². The number of nitrogens with two attached hydrogens (primary N) is 1. The van der Waals surface area contributed by atoms with Gasteiger partial charge >= 0.3 is 0 Å². The van der Waals surface area contributed by atoms with Crippen LogP contribution in [0.3, 0.4) is 0 Å². The molecule has 0 radical (unpaired) electrons. The van der Waals surface area contributed by atoms with Crippen LogP contribution in [0.25, 0.3) is 0 Å². The molecule has 0 saturated carbocycles. The average Bonchev–Trinajstić information content (AvgIpc) is 2.50. The molecule has 0 amide bonds. The predicted octanol–water partition coefficient (Wildman–Crippen LogP) is 5.26. The zero-order chi connectivity index (χ0) is 15.2. The van der Waals surface area contributed by atoms with Crippen LogP contribution in [0.1, 0.15) is 83.2 Å². The molecule has 1 aromatic heterocycles. The second kappa shape index (κ2) is 12.8. The van der Waals surface area contributed by atoms with Crippen molar-refractivity contribution in [3.8, 4) is 0 Å². The highest BCUT2D eigenvalue weighted by Crippen LogP contribution is 2.12. The molecule has 1 unspecified atom stereocenters. The first-order chi connectivity index (χ1) is 10.3. The lowest BCUT2D eigenvalue weighted by Crippen LogP contribution is -2.23. The molecule has 2 heteroatoms. The largest absolute Gasteiger partial charge is 0.327 e. The minimum Gasteiger partial charge on any atom is -0.327 e. The number of hydrogen-bond acceptors (Lipinski definition) is 2. The molecule has 0 bridgehead atoms. The summed E-state index contributed by atoms with van der Waals surface area (Å²) in [5, 5.41) is 0. The Morgan fingerprint density at radius 1 is 0.905 bits per heavy atom. The molecular weight excluding hydrogens is 256 g/mol. The second-order valence-electron chi connectivity index (χ2n) is 6.26. The van der Waals surface area contributed by atoms with E-state index in [0.717, 1.165) is 18.5 Å². The van der Waals surface area contributed by atoms with Gasteiger partial charge in [0.15, 0.2) is 0 Å². The van der Waals surface area contributed by atoms with Gasteiger partial charge in [-0.05, 0) is 18.6 Å². The topological polar surface area (TPSA) is 38.9 Å². The molecule has 0 saturated heterocycles. The first kappa shape index (κ1) is 18.2. The third-order valence-corrected chi connectivity index (χ3v) is 4.13. The zero-order valence-electron chi connectivity index (χ0n) is 13.9. The Morgan fingerprint density at radius 3 is 2.10 bits per heavy atom. The van der Waals surface area contributed by atoms with E-state index in [1.165, 1.54) is 64.2 Å². The van der Waals surface area contributed by atoms with Crippen molar-refractivity contribution in [3.63, 3.8) is 0 Å². The Bertz CT molecular complexity index is 324. The number of nitrogens with zero attached hydrogens (tertiary/aromatic N) is 1. The molecule has 0 aliphatic carbocycles. The Kier molecular flexibility index (Phi) is 11.1. The van der Waals surface area contributed by atoms with Crippen molar-refractivity contribution in [1.29, 1.82) is 0 Å². The van der Waals surface area contributed by atoms with E-state index >= 15 is 0 Å².